The Morgan fingerprint density at radius 1 is 1.07 bits per heavy atom. The van der Waals surface area contributed by atoms with E-state index in [2.05, 4.69) is 26.8 Å². The molecular formula is C20H23BrN2O4. The molecule has 0 saturated heterocycles. The first-order valence-corrected chi connectivity index (χ1v) is 9.50. The van der Waals surface area contributed by atoms with Crippen LogP contribution in [0.25, 0.3) is 0 Å². The van der Waals surface area contributed by atoms with E-state index in [9.17, 15) is 9.59 Å². The summed E-state index contributed by atoms with van der Waals surface area (Å²) in [6.07, 6.45) is 0.0820. The molecule has 0 spiro atoms. The van der Waals surface area contributed by atoms with E-state index in [4.69, 9.17) is 9.47 Å². The van der Waals surface area contributed by atoms with E-state index in [1.165, 1.54) is 0 Å². The molecule has 2 aromatic rings. The number of amides is 2. The Kier molecular flexibility index (Phi) is 8.13. The quantitative estimate of drug-likeness (QED) is 0.624. The Morgan fingerprint density at radius 2 is 1.81 bits per heavy atom. The van der Waals surface area contributed by atoms with Gasteiger partial charge in [0.1, 0.15) is 11.5 Å². The minimum Gasteiger partial charge on any atom is -0.494 e. The standard InChI is InChI=1S/C20H23BrN2O4/c1-3-26-17-10-7-15(8-11-17)9-12-19(24)22-23-20(25)14(2)27-18-6-4-5-16(21)13-18/h4-8,10-11,13-14H,3,9,12H2,1-2H3,(H,22,24)(H,23,25). The Labute approximate surface area is 167 Å². The van der Waals surface area contributed by atoms with E-state index in [0.29, 0.717) is 18.8 Å². The van der Waals surface area contributed by atoms with Crippen molar-refractivity contribution in [2.45, 2.75) is 32.8 Å². The fraction of sp³-hybridized carbons (Fsp3) is 0.300. The lowest BCUT2D eigenvalue weighted by atomic mass is 10.1. The van der Waals surface area contributed by atoms with Gasteiger partial charge in [0.2, 0.25) is 5.91 Å². The molecule has 27 heavy (non-hydrogen) atoms. The van der Waals surface area contributed by atoms with E-state index in [1.807, 2.05) is 43.3 Å². The molecule has 1 unspecified atom stereocenters. The summed E-state index contributed by atoms with van der Waals surface area (Å²) in [7, 11) is 0. The first kappa shape index (κ1) is 20.8. The zero-order valence-electron chi connectivity index (χ0n) is 15.3. The number of hydrazine groups is 1. The lowest BCUT2D eigenvalue weighted by Gasteiger charge is -2.15. The molecule has 0 aromatic heterocycles. The number of aryl methyl sites for hydroxylation is 1. The Hall–Kier alpha value is -2.54. The minimum absolute atomic E-state index is 0.259. The van der Waals surface area contributed by atoms with Gasteiger partial charge in [-0.2, -0.15) is 0 Å². The molecule has 0 fully saturated rings. The molecule has 0 aliphatic heterocycles. The average molecular weight is 435 g/mol. The fourth-order valence-electron chi connectivity index (χ4n) is 2.27. The predicted molar refractivity (Wildman–Crippen MR) is 106 cm³/mol. The molecule has 2 aromatic carbocycles. The first-order valence-electron chi connectivity index (χ1n) is 8.70. The lowest BCUT2D eigenvalue weighted by Crippen LogP contribution is -2.47. The van der Waals surface area contributed by atoms with Crippen LogP contribution in [0.5, 0.6) is 11.5 Å². The van der Waals surface area contributed by atoms with Crippen LogP contribution in [0.2, 0.25) is 0 Å². The van der Waals surface area contributed by atoms with Gasteiger partial charge in [0.05, 0.1) is 6.61 Å². The van der Waals surface area contributed by atoms with Crippen LogP contribution in [-0.2, 0) is 16.0 Å². The molecule has 2 N–H and O–H groups in total. The summed E-state index contributed by atoms with van der Waals surface area (Å²) >= 11 is 3.34. The molecule has 1 atom stereocenters. The minimum atomic E-state index is -0.745. The Bertz CT molecular complexity index is 765. The van der Waals surface area contributed by atoms with Gasteiger partial charge >= 0.3 is 0 Å². The number of hydrogen-bond acceptors (Lipinski definition) is 4. The van der Waals surface area contributed by atoms with E-state index < -0.39 is 12.0 Å². The van der Waals surface area contributed by atoms with Crippen LogP contribution in [-0.4, -0.2) is 24.5 Å². The summed E-state index contributed by atoms with van der Waals surface area (Å²) < 4.78 is 11.8. The molecule has 0 aliphatic rings. The maximum absolute atomic E-state index is 12.0. The van der Waals surface area contributed by atoms with Crippen molar-refractivity contribution in [3.05, 3.63) is 58.6 Å². The average Bonchev–Trinajstić information content (AvgIpc) is 2.65. The molecule has 2 amide bonds. The van der Waals surface area contributed by atoms with Crippen LogP contribution in [0, 0.1) is 0 Å². The third-order valence-corrected chi connectivity index (χ3v) is 4.17. The number of hydrogen-bond donors (Lipinski definition) is 2. The summed E-state index contributed by atoms with van der Waals surface area (Å²) in [4.78, 5) is 24.0. The van der Waals surface area contributed by atoms with Gasteiger partial charge in [-0.15, -0.1) is 0 Å². The Morgan fingerprint density at radius 3 is 2.48 bits per heavy atom. The molecule has 0 aliphatic carbocycles. The predicted octanol–water partition coefficient (Wildman–Crippen LogP) is 3.40. The first-order chi connectivity index (χ1) is 13.0. The van der Waals surface area contributed by atoms with Crippen molar-refractivity contribution in [3.8, 4) is 11.5 Å². The monoisotopic (exact) mass is 434 g/mol. The van der Waals surface area contributed by atoms with Crippen LogP contribution in [0.4, 0.5) is 0 Å². The van der Waals surface area contributed by atoms with Crippen molar-refractivity contribution >= 4 is 27.7 Å². The molecule has 0 radical (unpaired) electrons. The molecule has 0 heterocycles. The summed E-state index contributed by atoms with van der Waals surface area (Å²) in [5.41, 5.74) is 5.81. The molecule has 144 valence electrons. The zero-order chi connectivity index (χ0) is 19.6. The van der Waals surface area contributed by atoms with Gasteiger partial charge in [-0.25, -0.2) is 0 Å². The van der Waals surface area contributed by atoms with Gasteiger partial charge in [0.15, 0.2) is 6.10 Å². The van der Waals surface area contributed by atoms with Gasteiger partial charge in [-0.1, -0.05) is 34.1 Å². The maximum atomic E-state index is 12.0. The summed E-state index contributed by atoms with van der Waals surface area (Å²) in [5.74, 6) is 0.669. The smallest absolute Gasteiger partial charge is 0.279 e. The van der Waals surface area contributed by atoms with Gasteiger partial charge in [-0.3, -0.25) is 20.4 Å². The molecule has 0 saturated carbocycles. The molecular weight excluding hydrogens is 412 g/mol. The second-order valence-corrected chi connectivity index (χ2v) is 6.75. The van der Waals surface area contributed by atoms with E-state index in [1.54, 1.807) is 19.1 Å². The highest BCUT2D eigenvalue weighted by Crippen LogP contribution is 2.18. The van der Waals surface area contributed by atoms with Crippen molar-refractivity contribution in [2.75, 3.05) is 6.61 Å². The highest BCUT2D eigenvalue weighted by atomic mass is 79.9. The number of rotatable bonds is 8. The largest absolute Gasteiger partial charge is 0.494 e. The third-order valence-electron chi connectivity index (χ3n) is 3.68. The van der Waals surface area contributed by atoms with Crippen LogP contribution in [0.3, 0.4) is 0 Å². The van der Waals surface area contributed by atoms with Crippen molar-refractivity contribution in [3.63, 3.8) is 0 Å². The Balaban J connectivity index is 1.71. The normalized spacial score (nSPS) is 11.4. The second kappa shape index (κ2) is 10.6. The molecule has 6 nitrogen and oxygen atoms in total. The van der Waals surface area contributed by atoms with Gasteiger partial charge in [0.25, 0.3) is 5.91 Å². The highest BCUT2D eigenvalue weighted by molar-refractivity contribution is 9.10. The SMILES string of the molecule is CCOc1ccc(CCC(=O)NNC(=O)C(C)Oc2cccc(Br)c2)cc1. The van der Waals surface area contributed by atoms with Crippen molar-refractivity contribution in [2.24, 2.45) is 0 Å². The van der Waals surface area contributed by atoms with Crippen LogP contribution >= 0.6 is 15.9 Å². The zero-order valence-corrected chi connectivity index (χ0v) is 16.9. The summed E-state index contributed by atoms with van der Waals surface area (Å²) in [6.45, 7) is 4.16. The maximum Gasteiger partial charge on any atom is 0.279 e. The van der Waals surface area contributed by atoms with Crippen LogP contribution < -0.4 is 20.3 Å². The number of ether oxygens (including phenoxy) is 2. The second-order valence-electron chi connectivity index (χ2n) is 5.83. The van der Waals surface area contributed by atoms with E-state index >= 15 is 0 Å². The third kappa shape index (κ3) is 7.30. The van der Waals surface area contributed by atoms with Gasteiger partial charge < -0.3 is 9.47 Å². The van der Waals surface area contributed by atoms with Gasteiger partial charge in [0, 0.05) is 10.9 Å². The van der Waals surface area contributed by atoms with Crippen molar-refractivity contribution in [1.82, 2.24) is 10.9 Å². The summed E-state index contributed by atoms with van der Waals surface area (Å²) in [5, 5.41) is 0. The summed E-state index contributed by atoms with van der Waals surface area (Å²) in [6, 6.07) is 14.8. The fourth-order valence-corrected chi connectivity index (χ4v) is 2.65. The number of benzene rings is 2. The number of carbonyl (C=O) groups is 2. The van der Waals surface area contributed by atoms with Gasteiger partial charge in [-0.05, 0) is 56.2 Å². The number of carbonyl (C=O) groups excluding carboxylic acids is 2. The van der Waals surface area contributed by atoms with Crippen LogP contribution in [0.1, 0.15) is 25.8 Å². The molecule has 0 bridgehead atoms. The number of nitrogens with one attached hydrogen (secondary N) is 2. The van der Waals surface area contributed by atoms with E-state index in [-0.39, 0.29) is 12.3 Å². The topological polar surface area (TPSA) is 76.7 Å². The molecule has 7 heteroatoms. The highest BCUT2D eigenvalue weighted by Gasteiger charge is 2.15. The van der Waals surface area contributed by atoms with Crippen molar-refractivity contribution < 1.29 is 19.1 Å². The number of halogens is 1. The molecule has 2 rings (SSSR count). The lowest BCUT2D eigenvalue weighted by molar-refractivity contribution is -0.132. The van der Waals surface area contributed by atoms with E-state index in [0.717, 1.165) is 15.8 Å². The van der Waals surface area contributed by atoms with Crippen molar-refractivity contribution in [1.29, 1.82) is 0 Å². The van der Waals surface area contributed by atoms with Crippen LogP contribution in [0.15, 0.2) is 53.0 Å².